The minimum atomic E-state index is 0.0881. The van der Waals surface area contributed by atoms with E-state index in [4.69, 9.17) is 27.9 Å². The molecule has 4 heteroatoms. The summed E-state index contributed by atoms with van der Waals surface area (Å²) < 4.78 is 5.66. The molecule has 1 aromatic heterocycles. The van der Waals surface area contributed by atoms with Gasteiger partial charge in [0.2, 0.25) is 0 Å². The summed E-state index contributed by atoms with van der Waals surface area (Å²) in [5.74, 6) is 0.705. The van der Waals surface area contributed by atoms with Crippen LogP contribution < -0.4 is 4.74 Å². The maximum atomic E-state index is 6.09. The summed E-state index contributed by atoms with van der Waals surface area (Å²) in [5.41, 5.74) is 0.703. The summed E-state index contributed by atoms with van der Waals surface area (Å²) in [6.45, 7) is 3.93. The molecular weight excluding hydrogens is 245 g/mol. The van der Waals surface area contributed by atoms with E-state index in [1.165, 1.54) is 0 Å². The van der Waals surface area contributed by atoms with E-state index < -0.39 is 0 Å². The summed E-state index contributed by atoms with van der Waals surface area (Å²) in [7, 11) is 0. The molecule has 0 atom stereocenters. The van der Waals surface area contributed by atoms with Crippen molar-refractivity contribution in [1.29, 1.82) is 0 Å². The summed E-state index contributed by atoms with van der Waals surface area (Å²) >= 11 is 12.0. The van der Waals surface area contributed by atoms with Crippen LogP contribution in [0.25, 0.3) is 10.9 Å². The molecule has 2 rings (SSSR count). The highest BCUT2D eigenvalue weighted by Crippen LogP contribution is 2.31. The predicted octanol–water partition coefficient (Wildman–Crippen LogP) is 4.33. The number of nitrogens with zero attached hydrogens (tertiary/aromatic N) is 1. The highest BCUT2D eigenvalue weighted by Gasteiger charge is 2.09. The van der Waals surface area contributed by atoms with Gasteiger partial charge in [-0.25, -0.2) is 4.98 Å². The van der Waals surface area contributed by atoms with E-state index in [0.29, 0.717) is 21.4 Å². The Morgan fingerprint density at radius 3 is 2.69 bits per heavy atom. The van der Waals surface area contributed by atoms with Crippen molar-refractivity contribution in [3.63, 3.8) is 0 Å². The van der Waals surface area contributed by atoms with Crippen LogP contribution in [0.2, 0.25) is 10.2 Å². The lowest BCUT2D eigenvalue weighted by atomic mass is 10.2. The first-order chi connectivity index (χ1) is 7.58. The fraction of sp³-hybridized carbons (Fsp3) is 0.250. The zero-order valence-electron chi connectivity index (χ0n) is 9.00. The minimum Gasteiger partial charge on any atom is -0.489 e. The van der Waals surface area contributed by atoms with Gasteiger partial charge < -0.3 is 4.74 Å². The fourth-order valence-electron chi connectivity index (χ4n) is 1.50. The molecule has 2 nitrogen and oxygen atoms in total. The number of pyridine rings is 1. The average molecular weight is 256 g/mol. The van der Waals surface area contributed by atoms with Gasteiger partial charge in [-0.05, 0) is 26.0 Å². The third-order valence-electron chi connectivity index (χ3n) is 2.08. The van der Waals surface area contributed by atoms with Gasteiger partial charge in [-0.1, -0.05) is 35.3 Å². The second kappa shape index (κ2) is 4.48. The number of para-hydroxylation sites is 1. The molecule has 0 saturated carbocycles. The molecule has 0 radical (unpaired) electrons. The van der Waals surface area contributed by atoms with Crippen molar-refractivity contribution in [2.45, 2.75) is 20.0 Å². The van der Waals surface area contributed by atoms with E-state index in [9.17, 15) is 0 Å². The third-order valence-corrected chi connectivity index (χ3v) is 2.59. The second-order valence-corrected chi connectivity index (χ2v) is 4.54. The van der Waals surface area contributed by atoms with E-state index in [0.717, 1.165) is 5.39 Å². The Hall–Kier alpha value is -0.990. The molecule has 2 aromatic rings. The molecule has 0 aliphatic carbocycles. The molecule has 1 aromatic carbocycles. The highest BCUT2D eigenvalue weighted by molar-refractivity contribution is 6.37. The largest absolute Gasteiger partial charge is 0.489 e. The zero-order valence-corrected chi connectivity index (χ0v) is 10.5. The average Bonchev–Trinajstić information content (AvgIpc) is 2.18. The molecule has 0 fully saturated rings. The van der Waals surface area contributed by atoms with E-state index in [-0.39, 0.29) is 6.10 Å². The van der Waals surface area contributed by atoms with Crippen molar-refractivity contribution in [1.82, 2.24) is 4.98 Å². The number of hydrogen-bond acceptors (Lipinski definition) is 2. The molecule has 16 heavy (non-hydrogen) atoms. The molecule has 84 valence electrons. The molecule has 0 unspecified atom stereocenters. The maximum Gasteiger partial charge on any atom is 0.146 e. The van der Waals surface area contributed by atoms with Crippen molar-refractivity contribution in [2.75, 3.05) is 0 Å². The van der Waals surface area contributed by atoms with E-state index >= 15 is 0 Å². The van der Waals surface area contributed by atoms with Gasteiger partial charge in [0.1, 0.15) is 16.4 Å². The standard InChI is InChI=1S/C12H11Cl2NO/c1-7(2)16-10-5-3-4-8-9(13)6-11(14)15-12(8)10/h3-7H,1-2H3. The van der Waals surface area contributed by atoms with Crippen LogP contribution in [-0.4, -0.2) is 11.1 Å². The van der Waals surface area contributed by atoms with Crippen LogP contribution in [0.4, 0.5) is 0 Å². The van der Waals surface area contributed by atoms with Gasteiger partial charge in [0.15, 0.2) is 0 Å². The first-order valence-electron chi connectivity index (χ1n) is 4.99. The summed E-state index contributed by atoms with van der Waals surface area (Å²) in [6, 6.07) is 7.28. The van der Waals surface area contributed by atoms with Gasteiger partial charge in [0.25, 0.3) is 0 Å². The lowest BCUT2D eigenvalue weighted by Gasteiger charge is -2.12. The Labute approximate surface area is 104 Å². The van der Waals surface area contributed by atoms with E-state index in [2.05, 4.69) is 4.98 Å². The second-order valence-electron chi connectivity index (χ2n) is 3.75. The molecule has 0 N–H and O–H groups in total. The van der Waals surface area contributed by atoms with Crippen LogP contribution in [0.15, 0.2) is 24.3 Å². The third kappa shape index (κ3) is 2.23. The number of halogens is 2. The summed E-state index contributed by atoms with van der Waals surface area (Å²) in [5, 5.41) is 1.81. The topological polar surface area (TPSA) is 22.1 Å². The normalized spacial score (nSPS) is 11.1. The number of aromatic nitrogens is 1. The Morgan fingerprint density at radius 1 is 1.25 bits per heavy atom. The quantitative estimate of drug-likeness (QED) is 0.746. The number of rotatable bonds is 2. The smallest absolute Gasteiger partial charge is 0.146 e. The number of hydrogen-bond donors (Lipinski definition) is 0. The molecular formula is C12H11Cl2NO. The first-order valence-corrected chi connectivity index (χ1v) is 5.75. The van der Waals surface area contributed by atoms with Crippen molar-refractivity contribution in [3.05, 3.63) is 34.4 Å². The van der Waals surface area contributed by atoms with Crippen molar-refractivity contribution in [3.8, 4) is 5.75 Å². The van der Waals surface area contributed by atoms with E-state index in [1.807, 2.05) is 32.0 Å². The van der Waals surface area contributed by atoms with Crippen LogP contribution in [0.5, 0.6) is 5.75 Å². The molecule has 0 aliphatic rings. The molecule has 0 amide bonds. The van der Waals surface area contributed by atoms with Gasteiger partial charge in [-0.3, -0.25) is 0 Å². The van der Waals surface area contributed by atoms with Crippen molar-refractivity contribution in [2.24, 2.45) is 0 Å². The van der Waals surface area contributed by atoms with Crippen LogP contribution in [0, 0.1) is 0 Å². The molecule has 0 spiro atoms. The molecule has 1 heterocycles. The summed E-state index contributed by atoms with van der Waals surface area (Å²) in [6.07, 6.45) is 0.0881. The Balaban J connectivity index is 2.66. The van der Waals surface area contributed by atoms with Gasteiger partial charge in [-0.2, -0.15) is 0 Å². The van der Waals surface area contributed by atoms with Crippen molar-refractivity contribution >= 4 is 34.1 Å². The SMILES string of the molecule is CC(C)Oc1cccc2c(Cl)cc(Cl)nc12. The van der Waals surface area contributed by atoms with Gasteiger partial charge in [-0.15, -0.1) is 0 Å². The number of fused-ring (bicyclic) bond motifs is 1. The van der Waals surface area contributed by atoms with Crippen LogP contribution >= 0.6 is 23.2 Å². The van der Waals surface area contributed by atoms with Gasteiger partial charge in [0.05, 0.1) is 11.1 Å². The molecule has 0 aliphatic heterocycles. The maximum absolute atomic E-state index is 6.09. The lowest BCUT2D eigenvalue weighted by molar-refractivity contribution is 0.245. The highest BCUT2D eigenvalue weighted by atomic mass is 35.5. The monoisotopic (exact) mass is 255 g/mol. The number of ether oxygens (including phenoxy) is 1. The first kappa shape index (κ1) is 11.5. The Bertz CT molecular complexity index is 526. The fourth-order valence-corrected chi connectivity index (χ4v) is 2.01. The van der Waals surface area contributed by atoms with Crippen molar-refractivity contribution < 1.29 is 4.74 Å². The Morgan fingerprint density at radius 2 is 2.00 bits per heavy atom. The summed E-state index contributed by atoms with van der Waals surface area (Å²) in [4.78, 5) is 4.25. The molecule has 0 bridgehead atoms. The van der Waals surface area contributed by atoms with E-state index in [1.54, 1.807) is 6.07 Å². The van der Waals surface area contributed by atoms with Gasteiger partial charge >= 0.3 is 0 Å². The lowest BCUT2D eigenvalue weighted by Crippen LogP contribution is -2.06. The van der Waals surface area contributed by atoms with Gasteiger partial charge in [0, 0.05) is 5.39 Å². The van der Waals surface area contributed by atoms with Crippen LogP contribution in [0.1, 0.15) is 13.8 Å². The number of benzene rings is 1. The minimum absolute atomic E-state index is 0.0881. The van der Waals surface area contributed by atoms with Crippen LogP contribution in [-0.2, 0) is 0 Å². The predicted molar refractivity (Wildman–Crippen MR) is 67.5 cm³/mol. The Kier molecular flexibility index (Phi) is 3.22. The zero-order chi connectivity index (χ0) is 11.7. The van der Waals surface area contributed by atoms with Crippen LogP contribution in [0.3, 0.4) is 0 Å². The molecule has 0 saturated heterocycles.